The minimum Gasteiger partial charge on any atom is -0.356 e. The molecule has 3 heteroatoms. The zero-order chi connectivity index (χ0) is 9.61. The van der Waals surface area contributed by atoms with Gasteiger partial charge in [0.2, 0.25) is 0 Å². The van der Waals surface area contributed by atoms with Crippen LogP contribution < -0.4 is 0 Å². The minimum absolute atomic E-state index is 0.0703. The van der Waals surface area contributed by atoms with Crippen molar-refractivity contribution in [2.24, 2.45) is 5.41 Å². The summed E-state index contributed by atoms with van der Waals surface area (Å²) in [4.78, 5) is 0. The zero-order valence-electron chi connectivity index (χ0n) is 8.39. The third kappa shape index (κ3) is 5.12. The second kappa shape index (κ2) is 5.95. The highest BCUT2D eigenvalue weighted by atomic mass is 79.9. The van der Waals surface area contributed by atoms with Gasteiger partial charge in [-0.05, 0) is 11.8 Å². The molecule has 0 saturated heterocycles. The van der Waals surface area contributed by atoms with Crippen LogP contribution in [0.1, 0.15) is 26.7 Å². The first-order valence-corrected chi connectivity index (χ1v) is 5.29. The van der Waals surface area contributed by atoms with Gasteiger partial charge in [-0.15, -0.1) is 0 Å². The fourth-order valence-electron chi connectivity index (χ4n) is 1.07. The van der Waals surface area contributed by atoms with E-state index in [4.69, 9.17) is 9.47 Å². The van der Waals surface area contributed by atoms with Crippen LogP contribution in [0.4, 0.5) is 0 Å². The maximum atomic E-state index is 5.14. The van der Waals surface area contributed by atoms with E-state index in [0.717, 1.165) is 18.2 Å². The second-order valence-electron chi connectivity index (χ2n) is 3.71. The summed E-state index contributed by atoms with van der Waals surface area (Å²) >= 11 is 3.44. The molecule has 0 aromatic heterocycles. The van der Waals surface area contributed by atoms with Crippen molar-refractivity contribution >= 4 is 15.9 Å². The Morgan fingerprint density at radius 3 is 2.08 bits per heavy atom. The van der Waals surface area contributed by atoms with Crippen LogP contribution in [-0.2, 0) is 9.47 Å². The van der Waals surface area contributed by atoms with Gasteiger partial charge in [-0.1, -0.05) is 29.8 Å². The van der Waals surface area contributed by atoms with E-state index in [1.807, 2.05) is 0 Å². The highest BCUT2D eigenvalue weighted by Gasteiger charge is 2.22. The number of ether oxygens (including phenoxy) is 2. The van der Waals surface area contributed by atoms with Crippen LogP contribution in [0.25, 0.3) is 0 Å². The van der Waals surface area contributed by atoms with Gasteiger partial charge in [0, 0.05) is 26.0 Å². The Labute approximate surface area is 83.8 Å². The van der Waals surface area contributed by atoms with Crippen molar-refractivity contribution in [2.75, 3.05) is 19.5 Å². The van der Waals surface area contributed by atoms with E-state index in [2.05, 4.69) is 29.8 Å². The third-order valence-electron chi connectivity index (χ3n) is 2.02. The highest BCUT2D eigenvalue weighted by molar-refractivity contribution is 9.09. The maximum Gasteiger partial charge on any atom is 0.157 e. The molecule has 0 fully saturated rings. The van der Waals surface area contributed by atoms with Crippen molar-refractivity contribution in [3.63, 3.8) is 0 Å². The van der Waals surface area contributed by atoms with Crippen molar-refractivity contribution in [3.8, 4) is 0 Å². The molecule has 0 aromatic carbocycles. The van der Waals surface area contributed by atoms with Gasteiger partial charge in [0.1, 0.15) is 0 Å². The maximum absolute atomic E-state index is 5.14. The van der Waals surface area contributed by atoms with E-state index in [-0.39, 0.29) is 11.7 Å². The normalized spacial score (nSPS) is 12.5. The molecule has 0 amide bonds. The first-order valence-electron chi connectivity index (χ1n) is 4.17. The Balaban J connectivity index is 3.84. The van der Waals surface area contributed by atoms with Gasteiger partial charge in [0.15, 0.2) is 6.29 Å². The first kappa shape index (κ1) is 12.4. The van der Waals surface area contributed by atoms with E-state index >= 15 is 0 Å². The zero-order valence-corrected chi connectivity index (χ0v) is 9.98. The van der Waals surface area contributed by atoms with Crippen molar-refractivity contribution in [1.82, 2.24) is 0 Å². The molecule has 0 aliphatic carbocycles. The van der Waals surface area contributed by atoms with Crippen LogP contribution in [0.2, 0.25) is 0 Å². The van der Waals surface area contributed by atoms with Crippen molar-refractivity contribution in [2.45, 2.75) is 33.0 Å². The molecule has 0 rings (SSSR count). The highest BCUT2D eigenvalue weighted by Crippen LogP contribution is 2.28. The fraction of sp³-hybridized carbons (Fsp3) is 1.00. The molecule has 0 saturated carbocycles. The Morgan fingerprint density at radius 2 is 1.75 bits per heavy atom. The molecule has 0 aromatic rings. The van der Waals surface area contributed by atoms with Gasteiger partial charge in [-0.2, -0.15) is 0 Å². The Bertz CT molecular complexity index is 111. The van der Waals surface area contributed by atoms with Gasteiger partial charge in [-0.25, -0.2) is 0 Å². The Hall–Kier alpha value is 0.400. The lowest BCUT2D eigenvalue weighted by molar-refractivity contribution is -0.122. The molecule has 0 aliphatic heterocycles. The molecule has 0 heterocycles. The van der Waals surface area contributed by atoms with E-state index in [1.54, 1.807) is 14.2 Å². The summed E-state index contributed by atoms with van der Waals surface area (Å²) in [6.07, 6.45) is 2.00. The molecule has 0 spiro atoms. The largest absolute Gasteiger partial charge is 0.356 e. The summed E-state index contributed by atoms with van der Waals surface area (Å²) in [5.74, 6) is 0. The average Bonchev–Trinajstić information content (AvgIpc) is 2.00. The molecule has 0 bridgehead atoms. The second-order valence-corrected chi connectivity index (χ2v) is 4.50. The number of rotatable bonds is 6. The molecule has 0 atom stereocenters. The first-order chi connectivity index (χ1) is 5.55. The summed E-state index contributed by atoms with van der Waals surface area (Å²) < 4.78 is 10.3. The van der Waals surface area contributed by atoms with E-state index in [9.17, 15) is 0 Å². The van der Waals surface area contributed by atoms with Crippen molar-refractivity contribution in [3.05, 3.63) is 0 Å². The Kier molecular flexibility index (Phi) is 6.14. The molecular formula is C9H19BrO2. The number of hydrogen-bond donors (Lipinski definition) is 0. The number of halogens is 1. The molecule has 12 heavy (non-hydrogen) atoms. The fourth-order valence-corrected chi connectivity index (χ4v) is 2.15. The molecule has 0 unspecified atom stereocenters. The molecular weight excluding hydrogens is 220 g/mol. The summed E-state index contributed by atoms with van der Waals surface area (Å²) in [6.45, 7) is 4.44. The predicted octanol–water partition coefficient (Wildman–Crippen LogP) is 2.81. The quantitative estimate of drug-likeness (QED) is 0.524. The topological polar surface area (TPSA) is 18.5 Å². The van der Waals surface area contributed by atoms with Crippen molar-refractivity contribution in [1.29, 1.82) is 0 Å². The lowest BCUT2D eigenvalue weighted by atomic mass is 9.86. The lowest BCUT2D eigenvalue weighted by Crippen LogP contribution is -2.24. The predicted molar refractivity (Wildman–Crippen MR) is 54.6 cm³/mol. The van der Waals surface area contributed by atoms with Gasteiger partial charge in [-0.3, -0.25) is 0 Å². The molecule has 0 N–H and O–H groups in total. The van der Waals surface area contributed by atoms with E-state index in [1.165, 1.54) is 0 Å². The number of hydrogen-bond acceptors (Lipinski definition) is 2. The van der Waals surface area contributed by atoms with Crippen LogP contribution in [0, 0.1) is 5.41 Å². The lowest BCUT2D eigenvalue weighted by Gasteiger charge is -2.27. The van der Waals surface area contributed by atoms with Crippen LogP contribution in [0.3, 0.4) is 0 Å². The van der Waals surface area contributed by atoms with Gasteiger partial charge in [0.05, 0.1) is 0 Å². The SMILES string of the molecule is COC(CC(C)(C)CCBr)OC. The Morgan fingerprint density at radius 1 is 1.25 bits per heavy atom. The molecule has 74 valence electrons. The average molecular weight is 239 g/mol. The standard InChI is InChI=1S/C9H19BrO2/c1-9(2,5-6-10)7-8(11-3)12-4/h8H,5-7H2,1-4H3. The third-order valence-corrected chi connectivity index (χ3v) is 2.41. The van der Waals surface area contributed by atoms with Crippen LogP contribution in [0.15, 0.2) is 0 Å². The minimum atomic E-state index is -0.0703. The monoisotopic (exact) mass is 238 g/mol. The van der Waals surface area contributed by atoms with Gasteiger partial charge < -0.3 is 9.47 Å². The van der Waals surface area contributed by atoms with E-state index in [0.29, 0.717) is 0 Å². The summed E-state index contributed by atoms with van der Waals surface area (Å²) in [6, 6.07) is 0. The van der Waals surface area contributed by atoms with Crippen LogP contribution in [-0.4, -0.2) is 25.8 Å². The van der Waals surface area contributed by atoms with Gasteiger partial charge in [0.25, 0.3) is 0 Å². The summed E-state index contributed by atoms with van der Waals surface area (Å²) in [5, 5.41) is 1.03. The summed E-state index contributed by atoms with van der Waals surface area (Å²) in [7, 11) is 3.36. The van der Waals surface area contributed by atoms with Crippen molar-refractivity contribution < 1.29 is 9.47 Å². The number of methoxy groups -OCH3 is 2. The number of alkyl halides is 1. The van der Waals surface area contributed by atoms with Crippen LogP contribution >= 0.6 is 15.9 Å². The van der Waals surface area contributed by atoms with Crippen LogP contribution in [0.5, 0.6) is 0 Å². The molecule has 0 aliphatic rings. The summed E-state index contributed by atoms with van der Waals surface area (Å²) in [5.41, 5.74) is 0.278. The smallest absolute Gasteiger partial charge is 0.157 e. The molecule has 2 nitrogen and oxygen atoms in total. The van der Waals surface area contributed by atoms with Gasteiger partial charge >= 0.3 is 0 Å². The molecule has 0 radical (unpaired) electrons. The van der Waals surface area contributed by atoms with E-state index < -0.39 is 0 Å².